The fourth-order valence-corrected chi connectivity index (χ4v) is 1.85. The van der Waals surface area contributed by atoms with E-state index in [-0.39, 0.29) is 5.15 Å². The van der Waals surface area contributed by atoms with E-state index < -0.39 is 0 Å². The highest BCUT2D eigenvalue weighted by molar-refractivity contribution is 6.32. The van der Waals surface area contributed by atoms with Crippen molar-refractivity contribution >= 4 is 23.7 Å². The van der Waals surface area contributed by atoms with Crippen molar-refractivity contribution in [3.8, 4) is 0 Å². The molecule has 0 bridgehead atoms. The first-order chi connectivity index (χ1) is 8.61. The van der Waals surface area contributed by atoms with Crippen LogP contribution < -0.4 is 4.90 Å². The molecule has 2 aromatic heterocycles. The number of carbonyl (C=O) groups is 1. The van der Waals surface area contributed by atoms with Crippen molar-refractivity contribution in [2.45, 2.75) is 6.54 Å². The fraction of sp³-hybridized carbons (Fsp3) is 0.273. The Morgan fingerprint density at radius 2 is 2.28 bits per heavy atom. The molecule has 2 rings (SSSR count). The molecule has 2 aromatic rings. The predicted molar refractivity (Wildman–Crippen MR) is 67.7 cm³/mol. The van der Waals surface area contributed by atoms with Gasteiger partial charge in [-0.05, 0) is 0 Å². The number of aldehydes is 1. The van der Waals surface area contributed by atoms with Crippen LogP contribution in [0.25, 0.3) is 0 Å². The van der Waals surface area contributed by atoms with E-state index in [4.69, 9.17) is 11.6 Å². The molecule has 0 spiro atoms. The Labute approximate surface area is 109 Å². The third-order valence-corrected chi connectivity index (χ3v) is 2.77. The smallest absolute Gasteiger partial charge is 0.156 e. The summed E-state index contributed by atoms with van der Waals surface area (Å²) in [6.07, 6.45) is 5.67. The summed E-state index contributed by atoms with van der Waals surface area (Å²) in [5.41, 5.74) is 1.32. The maximum absolute atomic E-state index is 11.0. The molecule has 0 aliphatic rings. The lowest BCUT2D eigenvalue weighted by molar-refractivity contribution is 0.112. The van der Waals surface area contributed by atoms with Crippen molar-refractivity contribution in [2.75, 3.05) is 11.9 Å². The van der Waals surface area contributed by atoms with Crippen LogP contribution >= 0.6 is 11.6 Å². The first-order valence-corrected chi connectivity index (χ1v) is 5.64. The number of anilines is 1. The zero-order valence-corrected chi connectivity index (χ0v) is 10.8. The van der Waals surface area contributed by atoms with Gasteiger partial charge in [-0.3, -0.25) is 9.48 Å². The highest BCUT2D eigenvalue weighted by Gasteiger charge is 2.13. The van der Waals surface area contributed by atoms with Gasteiger partial charge in [0.2, 0.25) is 0 Å². The number of aromatic nitrogens is 4. The Morgan fingerprint density at radius 1 is 1.50 bits per heavy atom. The van der Waals surface area contributed by atoms with Gasteiger partial charge in [-0.15, -0.1) is 0 Å². The quantitative estimate of drug-likeness (QED) is 0.616. The summed E-state index contributed by atoms with van der Waals surface area (Å²) in [4.78, 5) is 20.7. The molecule has 0 aliphatic carbocycles. The second kappa shape index (κ2) is 5.14. The SMILES string of the molecule is CN(Cc1cnn(C)c1)c1ncnc(Cl)c1C=O. The van der Waals surface area contributed by atoms with Crippen molar-refractivity contribution < 1.29 is 4.79 Å². The molecular weight excluding hydrogens is 254 g/mol. The minimum atomic E-state index is 0.160. The maximum atomic E-state index is 11.0. The normalized spacial score (nSPS) is 10.4. The van der Waals surface area contributed by atoms with Crippen molar-refractivity contribution in [2.24, 2.45) is 7.05 Å². The van der Waals surface area contributed by atoms with Gasteiger partial charge in [0.05, 0.1) is 11.8 Å². The number of rotatable bonds is 4. The number of carbonyl (C=O) groups excluding carboxylic acids is 1. The van der Waals surface area contributed by atoms with Gasteiger partial charge in [0.25, 0.3) is 0 Å². The molecule has 0 aliphatic heterocycles. The Balaban J connectivity index is 2.26. The van der Waals surface area contributed by atoms with E-state index in [1.807, 2.05) is 25.2 Å². The van der Waals surface area contributed by atoms with Gasteiger partial charge in [0.1, 0.15) is 17.3 Å². The van der Waals surface area contributed by atoms with Gasteiger partial charge < -0.3 is 4.90 Å². The molecule has 6 nitrogen and oxygen atoms in total. The molecule has 0 amide bonds. The standard InChI is InChI=1S/C11H12ClN5O/c1-16(4-8-3-15-17(2)5-8)11-9(6-18)10(12)13-7-14-11/h3,5-7H,4H2,1-2H3. The zero-order chi connectivity index (χ0) is 13.1. The zero-order valence-electron chi connectivity index (χ0n) is 10.0. The van der Waals surface area contributed by atoms with E-state index in [9.17, 15) is 4.79 Å². The lowest BCUT2D eigenvalue weighted by atomic mass is 10.3. The Hall–Kier alpha value is -1.95. The Morgan fingerprint density at radius 3 is 2.89 bits per heavy atom. The molecule has 0 saturated carbocycles. The first-order valence-electron chi connectivity index (χ1n) is 5.26. The molecule has 0 fully saturated rings. The molecule has 0 radical (unpaired) electrons. The highest BCUT2D eigenvalue weighted by atomic mass is 35.5. The summed E-state index contributed by atoms with van der Waals surface area (Å²) in [7, 11) is 3.68. The van der Waals surface area contributed by atoms with E-state index in [1.54, 1.807) is 10.9 Å². The van der Waals surface area contributed by atoms with Crippen LogP contribution in [0.15, 0.2) is 18.7 Å². The molecule has 7 heteroatoms. The van der Waals surface area contributed by atoms with Gasteiger partial charge in [0.15, 0.2) is 6.29 Å². The second-order valence-electron chi connectivity index (χ2n) is 3.90. The summed E-state index contributed by atoms with van der Waals surface area (Å²) >= 11 is 5.86. The average molecular weight is 266 g/mol. The van der Waals surface area contributed by atoms with Crippen LogP contribution in [-0.2, 0) is 13.6 Å². The van der Waals surface area contributed by atoms with E-state index >= 15 is 0 Å². The Kier molecular flexibility index (Phi) is 3.57. The van der Waals surface area contributed by atoms with Crippen LogP contribution in [0, 0.1) is 0 Å². The minimum absolute atomic E-state index is 0.160. The van der Waals surface area contributed by atoms with Gasteiger partial charge in [-0.2, -0.15) is 5.10 Å². The molecule has 0 aromatic carbocycles. The monoisotopic (exact) mass is 265 g/mol. The van der Waals surface area contributed by atoms with Gasteiger partial charge >= 0.3 is 0 Å². The topological polar surface area (TPSA) is 63.9 Å². The summed E-state index contributed by atoms with van der Waals surface area (Å²) < 4.78 is 1.72. The largest absolute Gasteiger partial charge is 0.354 e. The van der Waals surface area contributed by atoms with E-state index in [0.29, 0.717) is 24.2 Å². The molecular formula is C11H12ClN5O. The maximum Gasteiger partial charge on any atom is 0.156 e. The lowest BCUT2D eigenvalue weighted by Crippen LogP contribution is -2.19. The lowest BCUT2D eigenvalue weighted by Gasteiger charge is -2.18. The van der Waals surface area contributed by atoms with E-state index in [0.717, 1.165) is 5.56 Å². The summed E-state index contributed by atoms with van der Waals surface area (Å²) in [6.45, 7) is 0.585. The average Bonchev–Trinajstić information content (AvgIpc) is 2.74. The van der Waals surface area contributed by atoms with E-state index in [1.165, 1.54) is 6.33 Å². The van der Waals surface area contributed by atoms with Gasteiger partial charge in [0, 0.05) is 32.4 Å². The molecule has 0 N–H and O–H groups in total. The second-order valence-corrected chi connectivity index (χ2v) is 4.26. The third-order valence-electron chi connectivity index (χ3n) is 2.47. The van der Waals surface area contributed by atoms with Crippen LogP contribution in [0.4, 0.5) is 5.82 Å². The summed E-state index contributed by atoms with van der Waals surface area (Å²) in [5.74, 6) is 0.508. The predicted octanol–water partition coefficient (Wildman–Crippen LogP) is 1.31. The molecule has 0 atom stereocenters. The van der Waals surface area contributed by atoms with Crippen LogP contribution in [0.5, 0.6) is 0 Å². The highest BCUT2D eigenvalue weighted by Crippen LogP contribution is 2.21. The van der Waals surface area contributed by atoms with Crippen LogP contribution in [0.1, 0.15) is 15.9 Å². The minimum Gasteiger partial charge on any atom is -0.354 e. The number of hydrogen-bond donors (Lipinski definition) is 0. The van der Waals surface area contributed by atoms with Crippen molar-refractivity contribution in [1.29, 1.82) is 0 Å². The Bertz CT molecular complexity index is 568. The molecule has 2 heterocycles. The molecule has 0 saturated heterocycles. The van der Waals surface area contributed by atoms with Gasteiger partial charge in [-0.1, -0.05) is 11.6 Å². The van der Waals surface area contributed by atoms with E-state index in [2.05, 4.69) is 15.1 Å². The molecule has 0 unspecified atom stereocenters. The van der Waals surface area contributed by atoms with Crippen molar-refractivity contribution in [3.05, 3.63) is 35.0 Å². The van der Waals surface area contributed by atoms with Crippen molar-refractivity contribution in [1.82, 2.24) is 19.7 Å². The number of aryl methyl sites for hydroxylation is 1. The molecule has 18 heavy (non-hydrogen) atoms. The molecule has 94 valence electrons. The fourth-order valence-electron chi connectivity index (χ4n) is 1.67. The summed E-state index contributed by atoms with van der Waals surface area (Å²) in [6, 6.07) is 0. The van der Waals surface area contributed by atoms with Crippen LogP contribution in [-0.4, -0.2) is 33.1 Å². The van der Waals surface area contributed by atoms with Gasteiger partial charge in [-0.25, -0.2) is 9.97 Å². The van der Waals surface area contributed by atoms with Crippen molar-refractivity contribution in [3.63, 3.8) is 0 Å². The number of hydrogen-bond acceptors (Lipinski definition) is 5. The summed E-state index contributed by atoms with van der Waals surface area (Å²) in [5, 5.41) is 4.25. The number of halogens is 1. The van der Waals surface area contributed by atoms with Crippen LogP contribution in [0.2, 0.25) is 5.15 Å². The number of nitrogens with zero attached hydrogens (tertiary/aromatic N) is 5. The van der Waals surface area contributed by atoms with Crippen LogP contribution in [0.3, 0.4) is 0 Å². The first kappa shape index (κ1) is 12.5. The third kappa shape index (κ3) is 2.48.